The van der Waals surface area contributed by atoms with Crippen molar-refractivity contribution in [2.45, 2.75) is 38.1 Å². The molecule has 0 unspecified atom stereocenters. The molecule has 1 aromatic carbocycles. The highest BCUT2D eigenvalue weighted by atomic mass is 79.9. The Hall–Kier alpha value is -0.920. The number of aliphatic carboxylic acids is 1. The van der Waals surface area contributed by atoms with Crippen molar-refractivity contribution in [3.8, 4) is 0 Å². The Morgan fingerprint density at radius 2 is 2.00 bits per heavy atom. The number of aryl methyl sites for hydroxylation is 1. The third kappa shape index (κ3) is 4.57. The zero-order valence-electron chi connectivity index (χ0n) is 11.6. The molecule has 1 rings (SSSR count). The van der Waals surface area contributed by atoms with Crippen molar-refractivity contribution in [1.29, 1.82) is 0 Å². The largest absolute Gasteiger partial charge is 0.480 e. The van der Waals surface area contributed by atoms with Gasteiger partial charge in [-0.1, -0.05) is 19.9 Å². The molecule has 0 bridgehead atoms. The van der Waals surface area contributed by atoms with Crippen LogP contribution in [0.2, 0.25) is 0 Å². The van der Waals surface area contributed by atoms with Gasteiger partial charge in [0.15, 0.2) is 0 Å². The van der Waals surface area contributed by atoms with Crippen molar-refractivity contribution in [3.05, 3.63) is 28.2 Å². The predicted octanol–water partition coefficient (Wildman–Crippen LogP) is 2.54. The first-order valence-corrected chi connectivity index (χ1v) is 8.42. The van der Waals surface area contributed by atoms with E-state index in [0.717, 1.165) is 5.56 Å². The van der Waals surface area contributed by atoms with Gasteiger partial charge >= 0.3 is 5.97 Å². The van der Waals surface area contributed by atoms with Gasteiger partial charge in [0, 0.05) is 4.47 Å². The van der Waals surface area contributed by atoms with Crippen LogP contribution in [-0.2, 0) is 14.8 Å². The lowest BCUT2D eigenvalue weighted by molar-refractivity contribution is -0.139. The monoisotopic (exact) mass is 363 g/mol. The van der Waals surface area contributed by atoms with Crippen LogP contribution < -0.4 is 4.72 Å². The molecule has 0 radical (unpaired) electrons. The van der Waals surface area contributed by atoms with Gasteiger partial charge in [-0.3, -0.25) is 4.79 Å². The number of halogens is 1. The number of carboxylic acid groups (broad SMARTS) is 1. The molecule has 0 aliphatic rings. The van der Waals surface area contributed by atoms with Crippen LogP contribution in [0.25, 0.3) is 0 Å². The summed E-state index contributed by atoms with van der Waals surface area (Å²) in [5.74, 6) is -1.11. The molecule has 20 heavy (non-hydrogen) atoms. The minimum atomic E-state index is -3.88. The standard InChI is InChI=1S/C13H18BrNO4S/c1-8(2)6-11(13(16)17)15-20(18,19)12-7-9(3)4-5-10(12)14/h4-5,7-8,11,15H,6H2,1-3H3,(H,16,17)/t11-/m1/s1. The number of rotatable bonds is 6. The number of nitrogens with one attached hydrogen (secondary N) is 1. The average molecular weight is 364 g/mol. The number of hydrogen-bond donors (Lipinski definition) is 2. The number of hydrogen-bond acceptors (Lipinski definition) is 3. The Labute approximate surface area is 127 Å². The second-order valence-electron chi connectivity index (χ2n) is 5.08. The first-order chi connectivity index (χ1) is 9.13. The lowest BCUT2D eigenvalue weighted by Crippen LogP contribution is -2.41. The summed E-state index contributed by atoms with van der Waals surface area (Å²) >= 11 is 3.18. The fraction of sp³-hybridized carbons (Fsp3) is 0.462. The van der Waals surface area contributed by atoms with Crippen LogP contribution in [0.4, 0.5) is 0 Å². The SMILES string of the molecule is Cc1ccc(Br)c(S(=O)(=O)N[C@H](CC(C)C)C(=O)O)c1. The van der Waals surface area contributed by atoms with Crippen LogP contribution in [-0.4, -0.2) is 25.5 Å². The summed E-state index contributed by atoms with van der Waals surface area (Å²) in [5.41, 5.74) is 0.782. The highest BCUT2D eigenvalue weighted by Crippen LogP contribution is 2.23. The highest BCUT2D eigenvalue weighted by Gasteiger charge is 2.27. The van der Waals surface area contributed by atoms with Gasteiger partial charge in [0.2, 0.25) is 10.0 Å². The van der Waals surface area contributed by atoms with E-state index in [4.69, 9.17) is 5.11 Å². The van der Waals surface area contributed by atoms with Crippen molar-refractivity contribution in [2.75, 3.05) is 0 Å². The molecular formula is C13H18BrNO4S. The molecule has 112 valence electrons. The van der Waals surface area contributed by atoms with E-state index in [2.05, 4.69) is 20.7 Å². The minimum Gasteiger partial charge on any atom is -0.480 e. The van der Waals surface area contributed by atoms with Gasteiger partial charge in [0.1, 0.15) is 6.04 Å². The third-order valence-corrected chi connectivity index (χ3v) is 5.14. The molecule has 5 nitrogen and oxygen atoms in total. The Morgan fingerprint density at radius 1 is 1.40 bits per heavy atom. The fourth-order valence-corrected chi connectivity index (χ4v) is 3.99. The second-order valence-corrected chi connectivity index (χ2v) is 7.61. The van der Waals surface area contributed by atoms with E-state index in [1.165, 1.54) is 6.07 Å². The number of sulfonamides is 1. The number of carbonyl (C=O) groups is 1. The maximum absolute atomic E-state index is 12.3. The molecule has 0 amide bonds. The summed E-state index contributed by atoms with van der Waals surface area (Å²) in [4.78, 5) is 11.2. The smallest absolute Gasteiger partial charge is 0.321 e. The fourth-order valence-electron chi connectivity index (χ4n) is 1.74. The van der Waals surface area contributed by atoms with Crippen LogP contribution in [0.15, 0.2) is 27.6 Å². The van der Waals surface area contributed by atoms with E-state index in [9.17, 15) is 13.2 Å². The van der Waals surface area contributed by atoms with Gasteiger partial charge in [-0.15, -0.1) is 0 Å². The van der Waals surface area contributed by atoms with Crippen LogP contribution in [0, 0.1) is 12.8 Å². The van der Waals surface area contributed by atoms with Crippen LogP contribution >= 0.6 is 15.9 Å². The van der Waals surface area contributed by atoms with Crippen LogP contribution in [0.5, 0.6) is 0 Å². The van der Waals surface area contributed by atoms with Crippen LogP contribution in [0.1, 0.15) is 25.8 Å². The first kappa shape index (κ1) is 17.1. The average Bonchev–Trinajstić information content (AvgIpc) is 2.30. The van der Waals surface area contributed by atoms with Gasteiger partial charge in [-0.25, -0.2) is 8.42 Å². The van der Waals surface area contributed by atoms with Crippen LogP contribution in [0.3, 0.4) is 0 Å². The Kier molecular flexibility index (Phi) is 5.73. The van der Waals surface area contributed by atoms with E-state index in [0.29, 0.717) is 4.47 Å². The maximum atomic E-state index is 12.3. The number of benzene rings is 1. The summed E-state index contributed by atoms with van der Waals surface area (Å²) in [6.07, 6.45) is 0.234. The first-order valence-electron chi connectivity index (χ1n) is 6.14. The quantitative estimate of drug-likeness (QED) is 0.813. The molecule has 0 aliphatic carbocycles. The molecule has 0 saturated carbocycles. The lowest BCUT2D eigenvalue weighted by atomic mass is 10.1. The van der Waals surface area contributed by atoms with Gasteiger partial charge in [-0.05, 0) is 52.9 Å². The van der Waals surface area contributed by atoms with Crippen molar-refractivity contribution < 1.29 is 18.3 Å². The topological polar surface area (TPSA) is 83.5 Å². The van der Waals surface area contributed by atoms with Gasteiger partial charge in [0.25, 0.3) is 0 Å². The van der Waals surface area contributed by atoms with E-state index >= 15 is 0 Å². The molecule has 0 spiro atoms. The maximum Gasteiger partial charge on any atom is 0.321 e. The second kappa shape index (κ2) is 6.69. The molecule has 0 aliphatic heterocycles. The van der Waals surface area contributed by atoms with Crippen molar-refractivity contribution in [2.24, 2.45) is 5.92 Å². The third-order valence-electron chi connectivity index (χ3n) is 2.68. The molecule has 0 saturated heterocycles. The molecule has 2 N–H and O–H groups in total. The van der Waals surface area contributed by atoms with Gasteiger partial charge < -0.3 is 5.11 Å². The summed E-state index contributed by atoms with van der Waals surface area (Å²) in [6.45, 7) is 5.45. The summed E-state index contributed by atoms with van der Waals surface area (Å²) in [7, 11) is -3.88. The summed E-state index contributed by atoms with van der Waals surface area (Å²) < 4.78 is 27.3. The lowest BCUT2D eigenvalue weighted by Gasteiger charge is -2.17. The normalized spacial score (nSPS) is 13.4. The summed E-state index contributed by atoms with van der Waals surface area (Å²) in [5, 5.41) is 9.12. The zero-order chi connectivity index (χ0) is 15.5. The van der Waals surface area contributed by atoms with Crippen molar-refractivity contribution >= 4 is 31.9 Å². The van der Waals surface area contributed by atoms with Crippen molar-refractivity contribution in [3.63, 3.8) is 0 Å². The van der Waals surface area contributed by atoms with E-state index in [1.54, 1.807) is 19.1 Å². The number of carboxylic acids is 1. The van der Waals surface area contributed by atoms with Crippen molar-refractivity contribution in [1.82, 2.24) is 4.72 Å². The molecule has 7 heteroatoms. The molecule has 1 atom stereocenters. The van der Waals surface area contributed by atoms with E-state index in [-0.39, 0.29) is 17.2 Å². The summed E-state index contributed by atoms with van der Waals surface area (Å²) in [6, 6.07) is 3.77. The van der Waals surface area contributed by atoms with Gasteiger partial charge in [0.05, 0.1) is 4.90 Å². The molecular weight excluding hydrogens is 346 g/mol. The van der Waals surface area contributed by atoms with Gasteiger partial charge in [-0.2, -0.15) is 4.72 Å². The molecule has 0 fully saturated rings. The van der Waals surface area contributed by atoms with E-state index < -0.39 is 22.0 Å². The Bertz CT molecular complexity index is 598. The Morgan fingerprint density at radius 3 is 2.50 bits per heavy atom. The minimum absolute atomic E-state index is 0.0486. The Balaban J connectivity index is 3.09. The highest BCUT2D eigenvalue weighted by molar-refractivity contribution is 9.10. The molecule has 0 heterocycles. The molecule has 1 aromatic rings. The zero-order valence-corrected chi connectivity index (χ0v) is 14.0. The predicted molar refractivity (Wildman–Crippen MR) is 80.1 cm³/mol. The van der Waals surface area contributed by atoms with E-state index in [1.807, 2.05) is 13.8 Å². The molecule has 0 aromatic heterocycles.